The fraction of sp³-hybridized carbons (Fsp3) is 0.250. The molecule has 0 saturated carbocycles. The van der Waals surface area contributed by atoms with Gasteiger partial charge in [-0.3, -0.25) is 4.79 Å². The summed E-state index contributed by atoms with van der Waals surface area (Å²) >= 11 is 0. The minimum atomic E-state index is -1.10. The van der Waals surface area contributed by atoms with Crippen LogP contribution < -0.4 is 14.8 Å². The molecule has 1 aliphatic heterocycles. The standard InChI is InChI=1S/C28H28N2O7/c1-35-28(34)30-16-4-5-20(30)18-36-21-12-14-23(15-13-21)37-22-10-8-19(9-11-22)17-26(31)29-25-7-3-2-6-24(25)27(32)33/h2-3,6-15,20H,4-5,16-18H2,1H3,(H,29,31)(H,32,33). The number of ether oxygens (including phenoxy) is 3. The Kier molecular flexibility index (Phi) is 8.25. The number of nitrogens with zero attached hydrogens (tertiary/aromatic N) is 1. The maximum Gasteiger partial charge on any atom is 0.409 e. The Morgan fingerprint density at radius 3 is 2.27 bits per heavy atom. The highest BCUT2D eigenvalue weighted by Crippen LogP contribution is 2.26. The Balaban J connectivity index is 1.27. The molecule has 0 aliphatic carbocycles. The maximum atomic E-state index is 12.4. The number of hydrogen-bond donors (Lipinski definition) is 2. The molecule has 1 fully saturated rings. The van der Waals surface area contributed by atoms with Crippen LogP contribution in [0.2, 0.25) is 0 Å². The predicted octanol–water partition coefficient (Wildman–Crippen LogP) is 4.97. The van der Waals surface area contributed by atoms with E-state index in [2.05, 4.69) is 5.32 Å². The summed E-state index contributed by atoms with van der Waals surface area (Å²) in [6.07, 6.45) is 1.57. The molecule has 0 spiro atoms. The number of methoxy groups -OCH3 is 1. The molecule has 192 valence electrons. The van der Waals surface area contributed by atoms with Crippen LogP contribution in [0.3, 0.4) is 0 Å². The van der Waals surface area contributed by atoms with E-state index in [9.17, 15) is 19.5 Å². The number of rotatable bonds is 9. The number of hydrogen-bond acceptors (Lipinski definition) is 6. The number of benzene rings is 3. The van der Waals surface area contributed by atoms with Crippen molar-refractivity contribution in [2.45, 2.75) is 25.3 Å². The molecule has 1 heterocycles. The highest BCUT2D eigenvalue weighted by Gasteiger charge is 2.29. The summed E-state index contributed by atoms with van der Waals surface area (Å²) in [7, 11) is 1.38. The molecular weight excluding hydrogens is 476 g/mol. The summed E-state index contributed by atoms with van der Waals surface area (Å²) in [6, 6.07) is 20.6. The van der Waals surface area contributed by atoms with Gasteiger partial charge in [-0.2, -0.15) is 0 Å². The molecule has 9 nitrogen and oxygen atoms in total. The van der Waals surface area contributed by atoms with Gasteiger partial charge in [-0.05, 0) is 66.9 Å². The number of carbonyl (C=O) groups excluding carboxylic acids is 2. The SMILES string of the molecule is COC(=O)N1CCCC1COc1ccc(Oc2ccc(CC(=O)Nc3ccccc3C(=O)O)cc2)cc1. The lowest BCUT2D eigenvalue weighted by Crippen LogP contribution is -2.38. The second kappa shape index (κ2) is 11.9. The largest absolute Gasteiger partial charge is 0.491 e. The summed E-state index contributed by atoms with van der Waals surface area (Å²) in [5.74, 6) is 0.491. The van der Waals surface area contributed by atoms with Gasteiger partial charge in [0.2, 0.25) is 5.91 Å². The molecule has 2 amide bonds. The molecule has 1 unspecified atom stereocenters. The van der Waals surface area contributed by atoms with Crippen LogP contribution in [-0.2, 0) is 16.0 Å². The Bertz CT molecular complexity index is 1240. The van der Waals surface area contributed by atoms with E-state index in [1.165, 1.54) is 13.2 Å². The molecule has 0 bridgehead atoms. The van der Waals surface area contributed by atoms with Gasteiger partial charge in [0.1, 0.15) is 23.9 Å². The first kappa shape index (κ1) is 25.6. The van der Waals surface area contributed by atoms with Crippen molar-refractivity contribution in [1.82, 2.24) is 4.90 Å². The first-order chi connectivity index (χ1) is 17.9. The number of amides is 2. The zero-order valence-corrected chi connectivity index (χ0v) is 20.4. The molecule has 2 N–H and O–H groups in total. The smallest absolute Gasteiger partial charge is 0.409 e. The fourth-order valence-electron chi connectivity index (χ4n) is 4.13. The van der Waals surface area contributed by atoms with Crippen molar-refractivity contribution in [3.05, 3.63) is 83.9 Å². The molecule has 0 radical (unpaired) electrons. The molecule has 1 saturated heterocycles. The number of para-hydroxylation sites is 1. The summed E-state index contributed by atoms with van der Waals surface area (Å²) in [5.41, 5.74) is 1.06. The third kappa shape index (κ3) is 6.78. The maximum absolute atomic E-state index is 12.4. The van der Waals surface area contributed by atoms with Gasteiger partial charge in [-0.15, -0.1) is 0 Å². The molecule has 37 heavy (non-hydrogen) atoms. The van der Waals surface area contributed by atoms with Crippen LogP contribution in [0.25, 0.3) is 0 Å². The van der Waals surface area contributed by atoms with Gasteiger partial charge in [-0.25, -0.2) is 9.59 Å². The number of anilines is 1. The lowest BCUT2D eigenvalue weighted by molar-refractivity contribution is -0.115. The lowest BCUT2D eigenvalue weighted by atomic mass is 10.1. The van der Waals surface area contributed by atoms with Gasteiger partial charge < -0.3 is 29.5 Å². The Labute approximate surface area is 214 Å². The molecule has 3 aromatic rings. The van der Waals surface area contributed by atoms with Gasteiger partial charge in [0, 0.05) is 6.54 Å². The van der Waals surface area contributed by atoms with Crippen molar-refractivity contribution in [3.8, 4) is 17.2 Å². The number of likely N-dealkylation sites (tertiary alicyclic amines) is 1. The molecule has 9 heteroatoms. The van der Waals surface area contributed by atoms with Gasteiger partial charge in [0.25, 0.3) is 0 Å². The molecule has 1 atom stereocenters. The Morgan fingerprint density at radius 2 is 1.59 bits per heavy atom. The third-order valence-corrected chi connectivity index (χ3v) is 6.01. The first-order valence-corrected chi connectivity index (χ1v) is 11.9. The van der Waals surface area contributed by atoms with Crippen molar-refractivity contribution in [1.29, 1.82) is 0 Å². The highest BCUT2D eigenvalue weighted by molar-refractivity contribution is 6.01. The highest BCUT2D eigenvalue weighted by atomic mass is 16.5. The van der Waals surface area contributed by atoms with E-state index in [0.29, 0.717) is 30.4 Å². The van der Waals surface area contributed by atoms with E-state index < -0.39 is 5.97 Å². The van der Waals surface area contributed by atoms with Crippen LogP contribution in [-0.4, -0.2) is 54.3 Å². The first-order valence-electron chi connectivity index (χ1n) is 11.9. The molecule has 4 rings (SSSR count). The quantitative estimate of drug-likeness (QED) is 0.423. The van der Waals surface area contributed by atoms with Crippen molar-refractivity contribution in [3.63, 3.8) is 0 Å². The van der Waals surface area contributed by atoms with Crippen LogP contribution in [0.5, 0.6) is 17.2 Å². The molecule has 0 aromatic heterocycles. The lowest BCUT2D eigenvalue weighted by Gasteiger charge is -2.23. The van der Waals surface area contributed by atoms with E-state index in [1.807, 2.05) is 0 Å². The molecule has 3 aromatic carbocycles. The van der Waals surface area contributed by atoms with E-state index in [-0.39, 0.29) is 35.7 Å². The van der Waals surface area contributed by atoms with Gasteiger partial charge in [-0.1, -0.05) is 24.3 Å². The van der Waals surface area contributed by atoms with Crippen LogP contribution in [0.1, 0.15) is 28.8 Å². The predicted molar refractivity (Wildman–Crippen MR) is 136 cm³/mol. The molecular formula is C28H28N2O7. The summed E-state index contributed by atoms with van der Waals surface area (Å²) < 4.78 is 16.6. The summed E-state index contributed by atoms with van der Waals surface area (Å²) in [5, 5.41) is 11.9. The molecule has 1 aliphatic rings. The van der Waals surface area contributed by atoms with Crippen LogP contribution >= 0.6 is 0 Å². The topological polar surface area (TPSA) is 114 Å². The van der Waals surface area contributed by atoms with Crippen molar-refractivity contribution in [2.24, 2.45) is 0 Å². The number of carboxylic acid groups (broad SMARTS) is 1. The van der Waals surface area contributed by atoms with Gasteiger partial charge in [0.15, 0.2) is 0 Å². The Hall–Kier alpha value is -4.53. The number of aromatic carboxylic acids is 1. The summed E-state index contributed by atoms with van der Waals surface area (Å²) in [6.45, 7) is 1.07. The number of carbonyl (C=O) groups is 3. The third-order valence-electron chi connectivity index (χ3n) is 6.01. The summed E-state index contributed by atoms with van der Waals surface area (Å²) in [4.78, 5) is 37.2. The number of carboxylic acids is 1. The monoisotopic (exact) mass is 504 g/mol. The van der Waals surface area contributed by atoms with Crippen LogP contribution in [0.15, 0.2) is 72.8 Å². The zero-order valence-electron chi connectivity index (χ0n) is 20.4. The van der Waals surface area contributed by atoms with E-state index >= 15 is 0 Å². The second-order valence-corrected chi connectivity index (χ2v) is 8.56. The average Bonchev–Trinajstić information content (AvgIpc) is 3.38. The van der Waals surface area contributed by atoms with Crippen molar-refractivity contribution < 1.29 is 33.7 Å². The number of nitrogens with one attached hydrogen (secondary N) is 1. The average molecular weight is 505 g/mol. The van der Waals surface area contributed by atoms with Gasteiger partial charge in [0.05, 0.1) is 30.8 Å². The van der Waals surface area contributed by atoms with Crippen LogP contribution in [0.4, 0.5) is 10.5 Å². The van der Waals surface area contributed by atoms with E-state index in [1.54, 1.807) is 71.6 Å². The van der Waals surface area contributed by atoms with Crippen molar-refractivity contribution in [2.75, 3.05) is 25.6 Å². The minimum Gasteiger partial charge on any atom is -0.491 e. The van der Waals surface area contributed by atoms with Crippen LogP contribution in [0, 0.1) is 0 Å². The van der Waals surface area contributed by atoms with E-state index in [4.69, 9.17) is 14.2 Å². The second-order valence-electron chi connectivity index (χ2n) is 8.56. The fourth-order valence-corrected chi connectivity index (χ4v) is 4.13. The van der Waals surface area contributed by atoms with Gasteiger partial charge >= 0.3 is 12.1 Å². The minimum absolute atomic E-state index is 0.00381. The van der Waals surface area contributed by atoms with Crippen molar-refractivity contribution >= 4 is 23.7 Å². The zero-order chi connectivity index (χ0) is 26.2. The Morgan fingerprint density at radius 1 is 0.946 bits per heavy atom. The van der Waals surface area contributed by atoms with E-state index in [0.717, 1.165) is 18.4 Å². The normalized spacial score (nSPS) is 14.6.